The average molecular weight is 549 g/mol. The van der Waals surface area contributed by atoms with Crippen molar-refractivity contribution >= 4 is 34.6 Å². The number of nitrogens with zero attached hydrogens (tertiary/aromatic N) is 3. The van der Waals surface area contributed by atoms with E-state index >= 15 is 0 Å². The first-order chi connectivity index (χ1) is 18.7. The van der Waals surface area contributed by atoms with Crippen LogP contribution < -0.4 is 5.32 Å². The van der Waals surface area contributed by atoms with Gasteiger partial charge in [0, 0.05) is 37.5 Å². The lowest BCUT2D eigenvalue weighted by Gasteiger charge is -2.35. The second kappa shape index (κ2) is 11.1. The van der Waals surface area contributed by atoms with Crippen LogP contribution in [0, 0.1) is 18.8 Å². The first-order valence-corrected chi connectivity index (χ1v) is 14.5. The van der Waals surface area contributed by atoms with Crippen molar-refractivity contribution in [2.75, 3.05) is 13.1 Å². The van der Waals surface area contributed by atoms with Crippen LogP contribution in [0.2, 0.25) is 0 Å². The maximum atomic E-state index is 13.9. The topological polar surface area (TPSA) is 103 Å². The molecule has 1 fully saturated rings. The number of rotatable bonds is 7. The Morgan fingerprint density at radius 3 is 2.67 bits per heavy atom. The molecular formula is C30H36N4O4S. The molecule has 2 aromatic rings. The van der Waals surface area contributed by atoms with Crippen molar-refractivity contribution in [2.45, 2.75) is 65.3 Å². The number of carbonyl (C=O) groups is 3. The maximum Gasteiger partial charge on any atom is 0.255 e. The highest BCUT2D eigenvalue weighted by molar-refractivity contribution is 7.11. The van der Waals surface area contributed by atoms with E-state index in [0.717, 1.165) is 17.7 Å². The second-order valence-corrected chi connectivity index (χ2v) is 12.0. The quantitative estimate of drug-likeness (QED) is 0.551. The highest BCUT2D eigenvalue weighted by Gasteiger charge is 2.45. The molecule has 2 N–H and O–H groups in total. The van der Waals surface area contributed by atoms with Crippen molar-refractivity contribution in [2.24, 2.45) is 11.8 Å². The normalized spacial score (nSPS) is 23.5. The van der Waals surface area contributed by atoms with Crippen molar-refractivity contribution in [3.63, 3.8) is 0 Å². The predicted octanol–water partition coefficient (Wildman–Crippen LogP) is 3.56. The van der Waals surface area contributed by atoms with Gasteiger partial charge in [-0.3, -0.25) is 14.4 Å². The maximum absolute atomic E-state index is 13.9. The molecule has 9 heteroatoms. The fraction of sp³-hybridized carbons (Fsp3) is 0.467. The van der Waals surface area contributed by atoms with Gasteiger partial charge in [-0.15, -0.1) is 11.3 Å². The van der Waals surface area contributed by atoms with Crippen LogP contribution in [0.15, 0.2) is 47.5 Å². The van der Waals surface area contributed by atoms with Crippen molar-refractivity contribution in [3.8, 4) is 0 Å². The van der Waals surface area contributed by atoms with Gasteiger partial charge >= 0.3 is 0 Å². The Morgan fingerprint density at radius 1 is 1.23 bits per heavy atom. The number of nitrogens with one attached hydrogen (secondary N) is 1. The number of aromatic nitrogens is 1. The molecule has 206 valence electrons. The summed E-state index contributed by atoms with van der Waals surface area (Å²) in [5, 5.41) is 13.5. The average Bonchev–Trinajstić information content (AvgIpc) is 3.60. The van der Waals surface area contributed by atoms with Crippen LogP contribution in [0.1, 0.15) is 60.1 Å². The zero-order chi connectivity index (χ0) is 27.8. The summed E-state index contributed by atoms with van der Waals surface area (Å²) in [5.74, 6) is -0.719. The Labute approximate surface area is 233 Å². The molecule has 4 unspecified atom stereocenters. The first-order valence-electron chi connectivity index (χ1n) is 13.6. The number of aryl methyl sites for hydroxylation is 1. The Bertz CT molecular complexity index is 1350. The SMILES string of the molecule is CC1=CC(c2scnc2C)=CCC1CNC(=O)C1CC(O)CN1C(=O)C(C(C)C)N1Cc2ccccc2C1=O. The molecule has 3 aliphatic rings. The van der Waals surface area contributed by atoms with Crippen molar-refractivity contribution in [1.29, 1.82) is 0 Å². The molecule has 1 aromatic heterocycles. The van der Waals surface area contributed by atoms with Gasteiger partial charge in [-0.1, -0.05) is 49.8 Å². The lowest BCUT2D eigenvalue weighted by molar-refractivity contribution is -0.143. The molecule has 1 saturated heterocycles. The molecule has 0 bridgehead atoms. The molecule has 0 saturated carbocycles. The predicted molar refractivity (Wildman–Crippen MR) is 151 cm³/mol. The zero-order valence-electron chi connectivity index (χ0n) is 22.9. The van der Waals surface area contributed by atoms with Gasteiger partial charge in [0.2, 0.25) is 11.8 Å². The minimum absolute atomic E-state index is 0.0811. The van der Waals surface area contributed by atoms with Gasteiger partial charge in [-0.2, -0.15) is 0 Å². The lowest BCUT2D eigenvalue weighted by Crippen LogP contribution is -2.55. The molecule has 5 rings (SSSR count). The van der Waals surface area contributed by atoms with Crippen LogP contribution in [0.5, 0.6) is 0 Å². The number of β-amino-alcohol motifs (C(OH)–C–C–N with tert-alkyl or cyclic N) is 1. The number of aliphatic hydroxyl groups excluding tert-OH is 1. The van der Waals surface area contributed by atoms with E-state index in [-0.39, 0.29) is 42.5 Å². The summed E-state index contributed by atoms with van der Waals surface area (Å²) in [6, 6.07) is 5.92. The van der Waals surface area contributed by atoms with Gasteiger partial charge in [-0.25, -0.2) is 4.98 Å². The second-order valence-electron chi connectivity index (χ2n) is 11.2. The van der Waals surface area contributed by atoms with Gasteiger partial charge in [0.25, 0.3) is 5.91 Å². The molecule has 4 atom stereocenters. The number of carbonyl (C=O) groups excluding carboxylic acids is 3. The lowest BCUT2D eigenvalue weighted by atomic mass is 9.88. The van der Waals surface area contributed by atoms with Crippen molar-refractivity contribution in [3.05, 3.63) is 69.2 Å². The van der Waals surface area contributed by atoms with E-state index in [0.29, 0.717) is 18.7 Å². The summed E-state index contributed by atoms with van der Waals surface area (Å²) in [6.07, 6.45) is 4.56. The highest BCUT2D eigenvalue weighted by atomic mass is 32.1. The minimum atomic E-state index is -0.784. The first kappa shape index (κ1) is 27.3. The Kier molecular flexibility index (Phi) is 7.73. The highest BCUT2D eigenvalue weighted by Crippen LogP contribution is 2.33. The summed E-state index contributed by atoms with van der Waals surface area (Å²) in [5.41, 5.74) is 6.74. The van der Waals surface area contributed by atoms with Gasteiger partial charge in [0.15, 0.2) is 0 Å². The number of amides is 3. The number of thiazole rings is 1. The van der Waals surface area contributed by atoms with E-state index in [4.69, 9.17) is 0 Å². The van der Waals surface area contributed by atoms with E-state index in [9.17, 15) is 19.5 Å². The van der Waals surface area contributed by atoms with Gasteiger partial charge in [0.1, 0.15) is 12.1 Å². The Morgan fingerprint density at radius 2 is 2.00 bits per heavy atom. The number of fused-ring (bicyclic) bond motifs is 1. The summed E-state index contributed by atoms with van der Waals surface area (Å²) in [4.78, 5) is 49.0. The van der Waals surface area contributed by atoms with Crippen LogP contribution in [0.3, 0.4) is 0 Å². The number of hydrogen-bond acceptors (Lipinski definition) is 6. The molecule has 3 amide bonds. The number of likely N-dealkylation sites (tertiary alicyclic amines) is 1. The number of hydrogen-bond donors (Lipinski definition) is 2. The molecule has 39 heavy (non-hydrogen) atoms. The van der Waals surface area contributed by atoms with Crippen LogP contribution in [-0.2, 0) is 16.1 Å². The van der Waals surface area contributed by atoms with Gasteiger partial charge in [-0.05, 0) is 43.4 Å². The standard InChI is InChI=1S/C30H36N4O4S/c1-17(2)26(34-14-22-7-5-6-8-24(22)29(34)37)30(38)33-15-23(35)12-25(33)28(36)31-13-21-10-9-20(11-18(21)3)27-19(4)32-16-39-27/h5-9,11,16-17,21,23,25-26,35H,10,12-15H2,1-4H3,(H,31,36). The fourth-order valence-electron chi connectivity index (χ4n) is 5.96. The molecule has 8 nitrogen and oxygen atoms in total. The molecule has 0 spiro atoms. The van der Waals surface area contributed by atoms with Crippen LogP contribution in [0.25, 0.3) is 5.57 Å². The van der Waals surface area contributed by atoms with Gasteiger partial charge in [0.05, 0.1) is 22.2 Å². The fourth-order valence-corrected chi connectivity index (χ4v) is 6.77. The van der Waals surface area contributed by atoms with E-state index in [2.05, 4.69) is 29.4 Å². The minimum Gasteiger partial charge on any atom is -0.391 e. The van der Waals surface area contributed by atoms with Crippen molar-refractivity contribution in [1.82, 2.24) is 20.1 Å². The molecule has 1 aliphatic carbocycles. The summed E-state index contributed by atoms with van der Waals surface area (Å²) in [6.45, 7) is 8.80. The zero-order valence-corrected chi connectivity index (χ0v) is 23.7. The monoisotopic (exact) mass is 548 g/mol. The number of benzene rings is 1. The third-order valence-corrected chi connectivity index (χ3v) is 9.09. The summed E-state index contributed by atoms with van der Waals surface area (Å²) in [7, 11) is 0. The largest absolute Gasteiger partial charge is 0.391 e. The Balaban J connectivity index is 1.25. The summed E-state index contributed by atoms with van der Waals surface area (Å²) < 4.78 is 0. The number of allylic oxidation sites excluding steroid dienone is 3. The number of aliphatic hydroxyl groups is 1. The smallest absolute Gasteiger partial charge is 0.255 e. The van der Waals surface area contributed by atoms with E-state index < -0.39 is 18.2 Å². The van der Waals surface area contributed by atoms with Crippen LogP contribution in [0.4, 0.5) is 0 Å². The summed E-state index contributed by atoms with van der Waals surface area (Å²) >= 11 is 1.63. The van der Waals surface area contributed by atoms with E-state index in [1.165, 1.54) is 20.9 Å². The molecule has 0 radical (unpaired) electrons. The molecule has 1 aromatic carbocycles. The van der Waals surface area contributed by atoms with Gasteiger partial charge < -0.3 is 20.2 Å². The molecular weight excluding hydrogens is 512 g/mol. The van der Waals surface area contributed by atoms with E-state index in [1.807, 2.05) is 44.5 Å². The third kappa shape index (κ3) is 5.30. The van der Waals surface area contributed by atoms with Crippen LogP contribution in [-0.4, -0.2) is 68.9 Å². The third-order valence-electron chi connectivity index (χ3n) is 8.11. The Hall–Kier alpha value is -3.30. The molecule has 3 heterocycles. The van der Waals surface area contributed by atoms with Crippen LogP contribution >= 0.6 is 11.3 Å². The molecule has 2 aliphatic heterocycles. The van der Waals surface area contributed by atoms with Crippen molar-refractivity contribution < 1.29 is 19.5 Å². The van der Waals surface area contributed by atoms with E-state index in [1.54, 1.807) is 22.3 Å².